The van der Waals surface area contributed by atoms with Crippen LogP contribution in [-0.2, 0) is 17.9 Å². The van der Waals surface area contributed by atoms with Crippen LogP contribution >= 0.6 is 11.6 Å². The molecule has 4 rings (SSSR count). The van der Waals surface area contributed by atoms with Gasteiger partial charge in [0.25, 0.3) is 0 Å². The summed E-state index contributed by atoms with van der Waals surface area (Å²) in [7, 11) is 0. The van der Waals surface area contributed by atoms with Gasteiger partial charge in [0.2, 0.25) is 5.91 Å². The average Bonchev–Trinajstić information content (AvgIpc) is 3.49. The first-order valence-electron chi connectivity index (χ1n) is 14.9. The lowest BCUT2D eigenvalue weighted by Gasteiger charge is -2.35. The van der Waals surface area contributed by atoms with Gasteiger partial charge in [-0.3, -0.25) is 9.69 Å². The molecule has 1 fully saturated rings. The van der Waals surface area contributed by atoms with Crippen LogP contribution in [0.3, 0.4) is 0 Å². The molecule has 1 amide bonds. The van der Waals surface area contributed by atoms with Gasteiger partial charge in [0.05, 0.1) is 24.1 Å². The Morgan fingerprint density at radius 3 is 2.57 bits per heavy atom. The van der Waals surface area contributed by atoms with Crippen molar-refractivity contribution in [3.63, 3.8) is 0 Å². The Hall–Kier alpha value is -5.10. The molecule has 1 saturated heterocycles. The maximum absolute atomic E-state index is 13.0. The standard InChI is InChI=1S/C37H38ClN5O3/c1-5-9-28(10-6-2)26-45-34-13-15-35(16-14-34)46-36-19-29(11-12-30(36)21-39)23-42-27-40-22-33(42)24-41-17-18-43(37(44)25-41)32(8-4)20-31(38)7-3/h5-16,19-20,22,27H,1,3,17-18,23-26H2,2,4H3/b10-6-,28-9+,31-20+,32-8+. The Kier molecular flexibility index (Phi) is 12.4. The minimum atomic E-state index is 0.00611. The van der Waals surface area contributed by atoms with Crippen LogP contribution in [0.25, 0.3) is 0 Å². The highest BCUT2D eigenvalue weighted by molar-refractivity contribution is 6.31. The predicted octanol–water partition coefficient (Wildman–Crippen LogP) is 7.52. The first-order chi connectivity index (χ1) is 22.4. The number of carbonyl (C=O) groups excluding carboxylic acids is 1. The monoisotopic (exact) mass is 635 g/mol. The van der Waals surface area contributed by atoms with E-state index in [-0.39, 0.29) is 12.5 Å². The molecule has 8 nitrogen and oxygen atoms in total. The number of nitrogens with zero attached hydrogens (tertiary/aromatic N) is 5. The summed E-state index contributed by atoms with van der Waals surface area (Å²) in [5.41, 5.74) is 4.12. The van der Waals surface area contributed by atoms with E-state index in [9.17, 15) is 10.1 Å². The van der Waals surface area contributed by atoms with E-state index in [1.165, 1.54) is 0 Å². The quantitative estimate of drug-likeness (QED) is 0.170. The van der Waals surface area contributed by atoms with Gasteiger partial charge in [-0.25, -0.2) is 4.98 Å². The lowest BCUT2D eigenvalue weighted by molar-refractivity contribution is -0.133. The molecule has 0 atom stereocenters. The van der Waals surface area contributed by atoms with Gasteiger partial charge >= 0.3 is 0 Å². The third-order valence-corrected chi connectivity index (χ3v) is 7.52. The molecule has 2 aromatic carbocycles. The normalized spacial score (nSPS) is 14.8. The molecular weight excluding hydrogens is 598 g/mol. The summed E-state index contributed by atoms with van der Waals surface area (Å²) < 4.78 is 14.1. The number of rotatable bonds is 14. The molecule has 236 valence electrons. The van der Waals surface area contributed by atoms with Crippen molar-refractivity contribution >= 4 is 17.5 Å². The van der Waals surface area contributed by atoms with Gasteiger partial charge in [-0.2, -0.15) is 5.26 Å². The molecule has 0 N–H and O–H groups in total. The van der Waals surface area contributed by atoms with Crippen LogP contribution in [0.4, 0.5) is 0 Å². The second-order valence-corrected chi connectivity index (χ2v) is 10.9. The molecule has 46 heavy (non-hydrogen) atoms. The molecule has 3 aromatic rings. The largest absolute Gasteiger partial charge is 0.489 e. The highest BCUT2D eigenvalue weighted by Crippen LogP contribution is 2.28. The van der Waals surface area contributed by atoms with E-state index in [4.69, 9.17) is 21.1 Å². The van der Waals surface area contributed by atoms with Gasteiger partial charge in [0, 0.05) is 43.1 Å². The smallest absolute Gasteiger partial charge is 0.241 e. The number of benzene rings is 2. The molecule has 0 saturated carbocycles. The SMILES string of the molecule is C=C/C=C(\C=C/C)COc1ccc(Oc2cc(Cn3cncc3CN3CCN(C(/C=C(/Cl)C=C)=C/C)C(=O)C3)ccc2C#N)cc1. The number of allylic oxidation sites excluding steroid dienone is 7. The van der Waals surface area contributed by atoms with Gasteiger partial charge in [-0.05, 0) is 67.5 Å². The maximum Gasteiger partial charge on any atom is 0.241 e. The number of halogens is 1. The molecule has 1 aliphatic heterocycles. The first-order valence-corrected chi connectivity index (χ1v) is 15.3. The fraction of sp³-hybridized carbons (Fsp3) is 0.216. The van der Waals surface area contributed by atoms with Crippen molar-refractivity contribution in [1.82, 2.24) is 19.4 Å². The van der Waals surface area contributed by atoms with E-state index in [1.807, 2.05) is 85.3 Å². The second kappa shape index (κ2) is 16.8. The molecule has 0 bridgehead atoms. The van der Waals surface area contributed by atoms with Crippen molar-refractivity contribution in [3.05, 3.63) is 144 Å². The molecule has 0 spiro atoms. The van der Waals surface area contributed by atoms with Gasteiger partial charge in [0.15, 0.2) is 0 Å². The second-order valence-electron chi connectivity index (χ2n) is 10.5. The van der Waals surface area contributed by atoms with Crippen LogP contribution in [0, 0.1) is 11.3 Å². The molecule has 0 aliphatic carbocycles. The fourth-order valence-electron chi connectivity index (χ4n) is 4.95. The van der Waals surface area contributed by atoms with Crippen molar-refractivity contribution in [2.24, 2.45) is 0 Å². The van der Waals surface area contributed by atoms with E-state index >= 15 is 0 Å². The van der Waals surface area contributed by atoms with Gasteiger partial charge in [-0.1, -0.05) is 67.3 Å². The number of piperazine rings is 1. The lowest BCUT2D eigenvalue weighted by atomic mass is 10.1. The maximum atomic E-state index is 13.0. The molecule has 1 aliphatic rings. The number of aromatic nitrogens is 2. The van der Waals surface area contributed by atoms with Crippen LogP contribution in [0.1, 0.15) is 30.7 Å². The summed E-state index contributed by atoms with van der Waals surface area (Å²) in [6, 6.07) is 15.1. The predicted molar refractivity (Wildman–Crippen MR) is 182 cm³/mol. The summed E-state index contributed by atoms with van der Waals surface area (Å²) in [6.07, 6.45) is 16.3. The summed E-state index contributed by atoms with van der Waals surface area (Å²) >= 11 is 6.13. The minimum Gasteiger partial charge on any atom is -0.489 e. The van der Waals surface area contributed by atoms with Crippen LogP contribution in [0.2, 0.25) is 0 Å². The van der Waals surface area contributed by atoms with Crippen molar-refractivity contribution in [3.8, 4) is 23.3 Å². The molecule has 9 heteroatoms. The number of ether oxygens (including phenoxy) is 2. The van der Waals surface area contributed by atoms with Crippen molar-refractivity contribution in [2.75, 3.05) is 26.2 Å². The number of hydrogen-bond acceptors (Lipinski definition) is 6. The van der Waals surface area contributed by atoms with Gasteiger partial charge in [0.1, 0.15) is 29.9 Å². The molecule has 0 unspecified atom stereocenters. The molecule has 2 heterocycles. The summed E-state index contributed by atoms with van der Waals surface area (Å²) in [4.78, 5) is 21.3. The Labute approximate surface area is 276 Å². The summed E-state index contributed by atoms with van der Waals surface area (Å²) in [5, 5.41) is 10.2. The zero-order valence-corrected chi connectivity index (χ0v) is 27.0. The Morgan fingerprint density at radius 1 is 1.11 bits per heavy atom. The molecule has 1 aromatic heterocycles. The van der Waals surface area contributed by atoms with E-state index in [2.05, 4.69) is 29.1 Å². The third-order valence-electron chi connectivity index (χ3n) is 7.26. The van der Waals surface area contributed by atoms with E-state index in [0.29, 0.717) is 60.6 Å². The summed E-state index contributed by atoms with van der Waals surface area (Å²) in [5.74, 6) is 1.76. The molecular formula is C37H38ClN5O3. The Bertz CT molecular complexity index is 1710. The van der Waals surface area contributed by atoms with Crippen molar-refractivity contribution in [1.29, 1.82) is 5.26 Å². The van der Waals surface area contributed by atoms with Crippen molar-refractivity contribution in [2.45, 2.75) is 26.9 Å². The fourth-order valence-corrected chi connectivity index (χ4v) is 5.06. The zero-order valence-electron chi connectivity index (χ0n) is 26.2. The first kappa shape index (κ1) is 33.8. The van der Waals surface area contributed by atoms with Gasteiger partial charge in [-0.15, -0.1) is 0 Å². The number of nitriles is 1. The number of carbonyl (C=O) groups is 1. The van der Waals surface area contributed by atoms with Crippen LogP contribution < -0.4 is 9.47 Å². The number of imidazole rings is 1. The highest BCUT2D eigenvalue weighted by Gasteiger charge is 2.26. The Morgan fingerprint density at radius 2 is 1.89 bits per heavy atom. The zero-order chi connectivity index (χ0) is 32.9. The van der Waals surface area contributed by atoms with Gasteiger partial charge < -0.3 is 18.9 Å². The van der Waals surface area contributed by atoms with Crippen LogP contribution in [-0.4, -0.2) is 51.5 Å². The summed E-state index contributed by atoms with van der Waals surface area (Å²) in [6.45, 7) is 14.3. The topological polar surface area (TPSA) is 83.6 Å². The third kappa shape index (κ3) is 9.21. The van der Waals surface area contributed by atoms with Crippen LogP contribution in [0.5, 0.6) is 17.2 Å². The molecule has 0 radical (unpaired) electrons. The van der Waals surface area contributed by atoms with Crippen LogP contribution in [0.15, 0.2) is 127 Å². The van der Waals surface area contributed by atoms with E-state index in [1.54, 1.807) is 35.5 Å². The highest BCUT2D eigenvalue weighted by atomic mass is 35.5. The number of amides is 1. The van der Waals surface area contributed by atoms with Crippen molar-refractivity contribution < 1.29 is 14.3 Å². The van der Waals surface area contributed by atoms with E-state index < -0.39 is 0 Å². The van der Waals surface area contributed by atoms with E-state index in [0.717, 1.165) is 22.5 Å². The Balaban J connectivity index is 1.40. The minimum absolute atomic E-state index is 0.00611. The number of hydrogen-bond donors (Lipinski definition) is 0. The lowest BCUT2D eigenvalue weighted by Crippen LogP contribution is -2.49. The average molecular weight is 636 g/mol.